The summed E-state index contributed by atoms with van der Waals surface area (Å²) in [4.78, 5) is 82.8. The summed E-state index contributed by atoms with van der Waals surface area (Å²) in [6.07, 6.45) is 0.188. The van der Waals surface area contributed by atoms with Gasteiger partial charge in [-0.05, 0) is 42.3 Å². The molecule has 3 atom stereocenters. The Morgan fingerprint density at radius 2 is 0.872 bits per heavy atom. The molecule has 2 aliphatic rings. The van der Waals surface area contributed by atoms with Crippen LogP contribution >= 0.6 is 0 Å². The first-order valence-electron chi connectivity index (χ1n) is 15.3. The van der Waals surface area contributed by atoms with Gasteiger partial charge in [0, 0.05) is 25.4 Å². The van der Waals surface area contributed by atoms with Gasteiger partial charge in [0.2, 0.25) is 11.8 Å². The maximum Gasteiger partial charge on any atom is 0.262 e. The highest BCUT2D eigenvalue weighted by Gasteiger charge is 2.44. The maximum absolute atomic E-state index is 13.8. The van der Waals surface area contributed by atoms with E-state index in [4.69, 9.17) is 0 Å². The van der Waals surface area contributed by atoms with Gasteiger partial charge in [-0.15, -0.1) is 0 Å². The summed E-state index contributed by atoms with van der Waals surface area (Å²) < 4.78 is 0. The molecule has 0 radical (unpaired) electrons. The second-order valence-electron chi connectivity index (χ2n) is 11.6. The van der Waals surface area contributed by atoms with Crippen molar-refractivity contribution in [3.05, 3.63) is 143 Å². The molecule has 0 fully saturated rings. The molecule has 2 N–H and O–H groups in total. The molecule has 0 aliphatic carbocycles. The summed E-state index contributed by atoms with van der Waals surface area (Å²) in [5.74, 6) is -3.32. The molecule has 47 heavy (non-hydrogen) atoms. The molecule has 10 nitrogen and oxygen atoms in total. The molecule has 2 heterocycles. The van der Waals surface area contributed by atoms with Gasteiger partial charge >= 0.3 is 0 Å². The van der Waals surface area contributed by atoms with Gasteiger partial charge in [-0.1, -0.05) is 84.9 Å². The number of carbonyl (C=O) groups excluding carboxylic acids is 6. The van der Waals surface area contributed by atoms with E-state index in [0.29, 0.717) is 0 Å². The predicted molar refractivity (Wildman–Crippen MR) is 172 cm³/mol. The van der Waals surface area contributed by atoms with E-state index < -0.39 is 53.6 Å². The second kappa shape index (κ2) is 13.2. The number of rotatable bonds is 11. The van der Waals surface area contributed by atoms with Crippen LogP contribution < -0.4 is 10.6 Å². The first-order valence-corrected chi connectivity index (χ1v) is 15.3. The summed E-state index contributed by atoms with van der Waals surface area (Å²) in [6.45, 7) is 1.63. The standard InChI is InChI=1S/C37H32N4O6/c1-23(39-33(43)31(21-25-14-6-3-7-15-25)41-36(46)28-18-10-11-19-29(28)37(41)47)22-38-32(42)30(20-24-12-4-2-5-13-24)40-34(44)26-16-8-9-17-27(26)35(40)45/h2-19,23,30-31H,20-22H2,1H3,(H,38,42)(H,39,43)/t23-,30-,31-/m1/s1. The van der Waals surface area contributed by atoms with Crippen LogP contribution in [0, 0.1) is 0 Å². The fourth-order valence-corrected chi connectivity index (χ4v) is 6.02. The molecular formula is C37H32N4O6. The van der Waals surface area contributed by atoms with Crippen LogP contribution in [0.5, 0.6) is 0 Å². The molecule has 4 aromatic rings. The fourth-order valence-electron chi connectivity index (χ4n) is 6.02. The molecular weight excluding hydrogens is 596 g/mol. The van der Waals surface area contributed by atoms with Gasteiger partial charge < -0.3 is 10.6 Å². The molecule has 4 aromatic carbocycles. The zero-order valence-electron chi connectivity index (χ0n) is 25.6. The molecule has 0 unspecified atom stereocenters. The fraction of sp³-hybridized carbons (Fsp3) is 0.189. The zero-order valence-corrected chi connectivity index (χ0v) is 25.6. The van der Waals surface area contributed by atoms with E-state index >= 15 is 0 Å². The van der Waals surface area contributed by atoms with Crippen LogP contribution in [0.25, 0.3) is 0 Å². The van der Waals surface area contributed by atoms with Crippen LogP contribution in [0.15, 0.2) is 109 Å². The van der Waals surface area contributed by atoms with Crippen molar-refractivity contribution in [3.8, 4) is 0 Å². The molecule has 6 rings (SSSR count). The molecule has 0 spiro atoms. The van der Waals surface area contributed by atoms with Gasteiger partial charge in [-0.25, -0.2) is 0 Å². The first-order chi connectivity index (χ1) is 22.7. The van der Waals surface area contributed by atoms with Gasteiger partial charge in [-0.3, -0.25) is 38.6 Å². The first kappa shape index (κ1) is 31.1. The quantitative estimate of drug-likeness (QED) is 0.245. The Labute approximate surface area is 271 Å². The average molecular weight is 629 g/mol. The van der Waals surface area contributed by atoms with Crippen molar-refractivity contribution in [2.45, 2.75) is 37.9 Å². The highest BCUT2D eigenvalue weighted by atomic mass is 16.2. The number of carbonyl (C=O) groups is 6. The second-order valence-corrected chi connectivity index (χ2v) is 11.6. The summed E-state index contributed by atoms with van der Waals surface area (Å²) in [7, 11) is 0. The number of hydrogen-bond acceptors (Lipinski definition) is 6. The molecule has 0 saturated carbocycles. The van der Waals surface area contributed by atoms with Crippen LogP contribution in [0.4, 0.5) is 0 Å². The Balaban J connectivity index is 1.18. The lowest BCUT2D eigenvalue weighted by atomic mass is 10.0. The lowest BCUT2D eigenvalue weighted by Gasteiger charge is -2.28. The molecule has 236 valence electrons. The van der Waals surface area contributed by atoms with E-state index in [1.807, 2.05) is 60.7 Å². The van der Waals surface area contributed by atoms with Crippen LogP contribution in [0.2, 0.25) is 0 Å². The van der Waals surface area contributed by atoms with Crippen molar-refractivity contribution in [3.63, 3.8) is 0 Å². The van der Waals surface area contributed by atoms with Gasteiger partial charge in [0.05, 0.1) is 22.3 Å². The van der Waals surface area contributed by atoms with Gasteiger partial charge in [0.25, 0.3) is 23.6 Å². The SMILES string of the molecule is C[C@H](CNC(=O)[C@@H](Cc1ccccc1)N1C(=O)c2ccccc2C1=O)NC(=O)[C@@H](Cc1ccccc1)N1C(=O)c2ccccc2C1=O. The van der Waals surface area contributed by atoms with Crippen molar-refractivity contribution in [2.75, 3.05) is 6.54 Å². The number of fused-ring (bicyclic) bond motifs is 2. The van der Waals surface area contributed by atoms with E-state index in [1.165, 1.54) is 0 Å². The van der Waals surface area contributed by atoms with E-state index in [-0.39, 0.29) is 41.6 Å². The summed E-state index contributed by atoms with van der Waals surface area (Å²) >= 11 is 0. The monoisotopic (exact) mass is 628 g/mol. The molecule has 0 bridgehead atoms. The van der Waals surface area contributed by atoms with E-state index in [9.17, 15) is 28.8 Å². The third kappa shape index (κ3) is 6.17. The Kier molecular flexibility index (Phi) is 8.75. The number of hydrogen-bond donors (Lipinski definition) is 2. The predicted octanol–water partition coefficient (Wildman–Crippen LogP) is 3.42. The minimum atomic E-state index is -1.15. The van der Waals surface area contributed by atoms with Crippen molar-refractivity contribution >= 4 is 35.4 Å². The van der Waals surface area contributed by atoms with E-state index in [0.717, 1.165) is 20.9 Å². The Hall–Kier alpha value is -5.90. The van der Waals surface area contributed by atoms with Crippen molar-refractivity contribution < 1.29 is 28.8 Å². The minimum Gasteiger partial charge on any atom is -0.352 e. The lowest BCUT2D eigenvalue weighted by molar-refractivity contribution is -0.127. The van der Waals surface area contributed by atoms with Crippen molar-refractivity contribution in [2.24, 2.45) is 0 Å². The highest BCUT2D eigenvalue weighted by molar-refractivity contribution is 6.23. The number of nitrogens with one attached hydrogen (secondary N) is 2. The Morgan fingerprint density at radius 1 is 0.532 bits per heavy atom. The summed E-state index contributed by atoms with van der Waals surface area (Å²) in [5, 5.41) is 5.64. The average Bonchev–Trinajstić information content (AvgIpc) is 3.50. The highest BCUT2D eigenvalue weighted by Crippen LogP contribution is 2.27. The van der Waals surface area contributed by atoms with E-state index in [2.05, 4.69) is 10.6 Å². The molecule has 0 aromatic heterocycles. The molecule has 6 amide bonds. The largest absolute Gasteiger partial charge is 0.352 e. The number of imide groups is 2. The zero-order chi connectivity index (χ0) is 33.1. The van der Waals surface area contributed by atoms with Crippen LogP contribution in [-0.2, 0) is 22.4 Å². The Morgan fingerprint density at radius 3 is 1.26 bits per heavy atom. The van der Waals surface area contributed by atoms with E-state index in [1.54, 1.807) is 55.5 Å². The van der Waals surface area contributed by atoms with Crippen LogP contribution in [0.1, 0.15) is 59.5 Å². The van der Waals surface area contributed by atoms with Crippen molar-refractivity contribution in [1.82, 2.24) is 20.4 Å². The smallest absolute Gasteiger partial charge is 0.262 e. The van der Waals surface area contributed by atoms with Crippen molar-refractivity contribution in [1.29, 1.82) is 0 Å². The minimum absolute atomic E-state index is 0.0425. The van der Waals surface area contributed by atoms with Gasteiger partial charge in [0.15, 0.2) is 0 Å². The summed E-state index contributed by atoms with van der Waals surface area (Å²) in [5.41, 5.74) is 2.47. The van der Waals surface area contributed by atoms with Gasteiger partial charge in [-0.2, -0.15) is 0 Å². The molecule has 2 aliphatic heterocycles. The van der Waals surface area contributed by atoms with Gasteiger partial charge in [0.1, 0.15) is 12.1 Å². The topological polar surface area (TPSA) is 133 Å². The normalized spacial score (nSPS) is 15.6. The maximum atomic E-state index is 13.8. The third-order valence-corrected chi connectivity index (χ3v) is 8.39. The molecule has 10 heteroatoms. The molecule has 0 saturated heterocycles. The summed E-state index contributed by atoms with van der Waals surface area (Å²) in [6, 6.07) is 28.1. The Bertz CT molecular complexity index is 1810. The van der Waals surface area contributed by atoms with Crippen LogP contribution in [0.3, 0.4) is 0 Å². The third-order valence-electron chi connectivity index (χ3n) is 8.39. The number of nitrogens with zero attached hydrogens (tertiary/aromatic N) is 2. The van der Waals surface area contributed by atoms with Crippen LogP contribution in [-0.4, -0.2) is 69.9 Å². The number of benzene rings is 4. The number of amides is 6. The lowest BCUT2D eigenvalue weighted by Crippen LogP contribution is -2.55.